The van der Waals surface area contributed by atoms with E-state index in [2.05, 4.69) is 15.7 Å². The second-order valence-electron chi connectivity index (χ2n) is 4.09. The molecule has 1 fully saturated rings. The van der Waals surface area contributed by atoms with Crippen molar-refractivity contribution in [2.45, 2.75) is 26.3 Å². The number of hydrogen-bond acceptors (Lipinski definition) is 3. The van der Waals surface area contributed by atoms with Crippen molar-refractivity contribution in [3.8, 4) is 0 Å². The van der Waals surface area contributed by atoms with Gasteiger partial charge in [-0.3, -0.25) is 14.3 Å². The summed E-state index contributed by atoms with van der Waals surface area (Å²) in [5, 5.41) is 9.39. The number of nitrogens with zero attached hydrogens (tertiary/aromatic N) is 2. The van der Waals surface area contributed by atoms with Crippen molar-refractivity contribution in [1.29, 1.82) is 0 Å². The molecule has 0 saturated heterocycles. The van der Waals surface area contributed by atoms with Crippen molar-refractivity contribution >= 4 is 17.5 Å². The van der Waals surface area contributed by atoms with Crippen LogP contribution in [0.5, 0.6) is 0 Å². The summed E-state index contributed by atoms with van der Waals surface area (Å²) in [5.41, 5.74) is 0.756. The summed E-state index contributed by atoms with van der Waals surface area (Å²) in [4.78, 5) is 23.2. The maximum absolute atomic E-state index is 11.7. The molecule has 6 nitrogen and oxygen atoms in total. The summed E-state index contributed by atoms with van der Waals surface area (Å²) in [6.45, 7) is 2.58. The van der Waals surface area contributed by atoms with E-state index in [1.807, 2.05) is 6.92 Å². The van der Waals surface area contributed by atoms with E-state index in [-0.39, 0.29) is 23.4 Å². The second kappa shape index (κ2) is 4.57. The quantitative estimate of drug-likeness (QED) is 0.804. The van der Waals surface area contributed by atoms with Crippen LogP contribution < -0.4 is 10.6 Å². The molecule has 2 N–H and O–H groups in total. The molecule has 2 amide bonds. The Labute approximate surface area is 99.4 Å². The minimum absolute atomic E-state index is 0.0224. The van der Waals surface area contributed by atoms with Gasteiger partial charge in [0.1, 0.15) is 0 Å². The number of hydrogen-bond donors (Lipinski definition) is 2. The van der Waals surface area contributed by atoms with Crippen molar-refractivity contribution in [3.05, 3.63) is 11.9 Å². The van der Waals surface area contributed by atoms with Gasteiger partial charge in [-0.1, -0.05) is 0 Å². The van der Waals surface area contributed by atoms with Crippen LogP contribution >= 0.6 is 0 Å². The number of carbonyl (C=O) groups is 2. The predicted molar refractivity (Wildman–Crippen MR) is 62.6 cm³/mol. The van der Waals surface area contributed by atoms with Crippen LogP contribution in [-0.2, 0) is 11.3 Å². The van der Waals surface area contributed by atoms with Crippen LogP contribution in [0.2, 0.25) is 0 Å². The maximum Gasteiger partial charge on any atom is 0.273 e. The molecule has 6 heteroatoms. The molecule has 0 aromatic carbocycles. The average Bonchev–Trinajstić information content (AvgIpc) is 3.10. The molecular formula is C11H16N4O2. The van der Waals surface area contributed by atoms with Gasteiger partial charge in [-0.25, -0.2) is 0 Å². The molecule has 1 aliphatic rings. The number of aryl methyl sites for hydroxylation is 1. The van der Waals surface area contributed by atoms with Gasteiger partial charge in [-0.05, 0) is 19.8 Å². The highest BCUT2D eigenvalue weighted by atomic mass is 16.2. The molecule has 2 rings (SSSR count). The zero-order chi connectivity index (χ0) is 12.4. The number of anilines is 1. The Hall–Kier alpha value is -1.85. The molecule has 1 heterocycles. The molecule has 0 aliphatic heterocycles. The SMILES string of the molecule is CCn1cc(NC(=O)C2CC2)c(C(=O)NC)n1. The van der Waals surface area contributed by atoms with E-state index in [4.69, 9.17) is 0 Å². The first-order chi connectivity index (χ1) is 8.15. The van der Waals surface area contributed by atoms with Crippen LogP contribution in [0.3, 0.4) is 0 Å². The van der Waals surface area contributed by atoms with Gasteiger partial charge >= 0.3 is 0 Å². The van der Waals surface area contributed by atoms with Crippen LogP contribution in [0.25, 0.3) is 0 Å². The van der Waals surface area contributed by atoms with Gasteiger partial charge in [0.15, 0.2) is 5.69 Å². The van der Waals surface area contributed by atoms with Gasteiger partial charge in [-0.2, -0.15) is 5.10 Å². The fourth-order valence-corrected chi connectivity index (χ4v) is 1.54. The molecule has 0 atom stereocenters. The van der Waals surface area contributed by atoms with Gasteiger partial charge in [0, 0.05) is 25.7 Å². The maximum atomic E-state index is 11.7. The fourth-order valence-electron chi connectivity index (χ4n) is 1.54. The summed E-state index contributed by atoms with van der Waals surface area (Å²) < 4.78 is 1.63. The van der Waals surface area contributed by atoms with Gasteiger partial charge in [-0.15, -0.1) is 0 Å². The van der Waals surface area contributed by atoms with Crippen molar-refractivity contribution in [1.82, 2.24) is 15.1 Å². The highest BCUT2D eigenvalue weighted by molar-refractivity contribution is 6.03. The lowest BCUT2D eigenvalue weighted by Gasteiger charge is -2.02. The molecule has 0 radical (unpaired) electrons. The lowest BCUT2D eigenvalue weighted by atomic mass is 10.3. The third-order valence-electron chi connectivity index (χ3n) is 2.73. The monoisotopic (exact) mass is 236 g/mol. The highest BCUT2D eigenvalue weighted by Crippen LogP contribution is 2.30. The summed E-state index contributed by atoms with van der Waals surface area (Å²) in [7, 11) is 1.54. The number of nitrogens with one attached hydrogen (secondary N) is 2. The summed E-state index contributed by atoms with van der Waals surface area (Å²) in [5.74, 6) is -0.202. The molecular weight excluding hydrogens is 220 g/mol. The Morgan fingerprint density at radius 1 is 1.53 bits per heavy atom. The van der Waals surface area contributed by atoms with Gasteiger partial charge in [0.2, 0.25) is 5.91 Å². The van der Waals surface area contributed by atoms with E-state index in [0.29, 0.717) is 12.2 Å². The third kappa shape index (κ3) is 2.46. The third-order valence-corrected chi connectivity index (χ3v) is 2.73. The highest BCUT2D eigenvalue weighted by Gasteiger charge is 2.30. The number of amides is 2. The van der Waals surface area contributed by atoms with E-state index >= 15 is 0 Å². The Kier molecular flexibility index (Phi) is 3.12. The molecule has 0 unspecified atom stereocenters. The van der Waals surface area contributed by atoms with Crippen LogP contribution in [0.1, 0.15) is 30.3 Å². The summed E-state index contributed by atoms with van der Waals surface area (Å²) in [6, 6.07) is 0. The number of aromatic nitrogens is 2. The fraction of sp³-hybridized carbons (Fsp3) is 0.545. The van der Waals surface area contributed by atoms with Gasteiger partial charge in [0.05, 0.1) is 5.69 Å². The van der Waals surface area contributed by atoms with Crippen LogP contribution in [0.15, 0.2) is 6.20 Å². The van der Waals surface area contributed by atoms with Crippen molar-refractivity contribution < 1.29 is 9.59 Å². The average molecular weight is 236 g/mol. The first kappa shape index (κ1) is 11.6. The molecule has 1 aromatic heterocycles. The first-order valence-corrected chi connectivity index (χ1v) is 5.76. The molecule has 1 aliphatic carbocycles. The Morgan fingerprint density at radius 2 is 2.24 bits per heavy atom. The topological polar surface area (TPSA) is 76.0 Å². The summed E-state index contributed by atoms with van der Waals surface area (Å²) in [6.07, 6.45) is 3.55. The minimum Gasteiger partial charge on any atom is -0.354 e. The zero-order valence-electron chi connectivity index (χ0n) is 9.99. The Bertz CT molecular complexity index is 448. The van der Waals surface area contributed by atoms with E-state index in [9.17, 15) is 9.59 Å². The number of rotatable bonds is 4. The van der Waals surface area contributed by atoms with E-state index in [1.165, 1.54) is 0 Å². The molecule has 1 saturated carbocycles. The number of carbonyl (C=O) groups excluding carboxylic acids is 2. The molecule has 0 bridgehead atoms. The Morgan fingerprint density at radius 3 is 2.76 bits per heavy atom. The molecule has 17 heavy (non-hydrogen) atoms. The van der Waals surface area contributed by atoms with Gasteiger partial charge < -0.3 is 10.6 Å². The Balaban J connectivity index is 2.20. The normalized spacial score (nSPS) is 14.5. The van der Waals surface area contributed by atoms with Crippen LogP contribution in [0.4, 0.5) is 5.69 Å². The zero-order valence-corrected chi connectivity index (χ0v) is 9.99. The smallest absolute Gasteiger partial charge is 0.273 e. The second-order valence-corrected chi connectivity index (χ2v) is 4.09. The van der Waals surface area contributed by atoms with E-state index in [1.54, 1.807) is 17.9 Å². The van der Waals surface area contributed by atoms with Crippen molar-refractivity contribution in [2.24, 2.45) is 5.92 Å². The van der Waals surface area contributed by atoms with Crippen molar-refractivity contribution in [2.75, 3.05) is 12.4 Å². The first-order valence-electron chi connectivity index (χ1n) is 5.76. The van der Waals surface area contributed by atoms with Crippen molar-refractivity contribution in [3.63, 3.8) is 0 Å². The van der Waals surface area contributed by atoms with Gasteiger partial charge in [0.25, 0.3) is 5.91 Å². The summed E-state index contributed by atoms with van der Waals surface area (Å²) >= 11 is 0. The molecule has 0 spiro atoms. The lowest BCUT2D eigenvalue weighted by Crippen LogP contribution is -2.22. The van der Waals surface area contributed by atoms with Crippen LogP contribution in [-0.4, -0.2) is 28.6 Å². The van der Waals surface area contributed by atoms with Crippen LogP contribution in [0, 0.1) is 5.92 Å². The molecule has 92 valence electrons. The standard InChI is InChI=1S/C11H16N4O2/c1-3-15-6-8(9(14-15)11(17)12-2)13-10(16)7-4-5-7/h6-7H,3-5H2,1-2H3,(H,12,17)(H,13,16). The lowest BCUT2D eigenvalue weighted by molar-refractivity contribution is -0.117. The van der Waals surface area contributed by atoms with E-state index in [0.717, 1.165) is 12.8 Å². The minimum atomic E-state index is -0.289. The largest absolute Gasteiger partial charge is 0.354 e. The predicted octanol–water partition coefficient (Wildman–Crippen LogP) is 0.611. The van der Waals surface area contributed by atoms with E-state index < -0.39 is 0 Å². The molecule has 1 aromatic rings.